The molecule has 4 aromatic rings. The first-order valence-electron chi connectivity index (χ1n) is 12.4. The molecule has 0 aliphatic rings. The van der Waals surface area contributed by atoms with Gasteiger partial charge in [-0.15, -0.1) is 0 Å². The number of hydrogen-bond acceptors (Lipinski definition) is 6. The summed E-state index contributed by atoms with van der Waals surface area (Å²) in [5.74, 6) is 2.58. The predicted molar refractivity (Wildman–Crippen MR) is 147 cm³/mol. The minimum atomic E-state index is -0.296. The summed E-state index contributed by atoms with van der Waals surface area (Å²) in [7, 11) is 3.19. The average Bonchev–Trinajstić information content (AvgIpc) is 2.92. The Morgan fingerprint density at radius 2 is 1.59 bits per heavy atom. The molecule has 3 aromatic carbocycles. The summed E-state index contributed by atoms with van der Waals surface area (Å²) in [5.41, 5.74) is 2.69. The number of anilines is 1. The number of nitrogens with one attached hydrogen (secondary N) is 2. The summed E-state index contributed by atoms with van der Waals surface area (Å²) >= 11 is 0. The lowest BCUT2D eigenvalue weighted by atomic mass is 10.0. The van der Waals surface area contributed by atoms with E-state index in [1.54, 1.807) is 26.5 Å². The molecule has 1 aromatic heterocycles. The second-order valence-electron chi connectivity index (χ2n) is 9.06. The highest BCUT2D eigenvalue weighted by molar-refractivity contribution is 5.95. The third-order valence-corrected chi connectivity index (χ3v) is 6.13. The van der Waals surface area contributed by atoms with E-state index in [9.17, 15) is 4.79 Å². The molecule has 0 aliphatic heterocycles. The highest BCUT2D eigenvalue weighted by atomic mass is 16.5. The molecule has 37 heavy (non-hydrogen) atoms. The van der Waals surface area contributed by atoms with Crippen LogP contribution in [0.5, 0.6) is 23.0 Å². The lowest BCUT2D eigenvalue weighted by Crippen LogP contribution is -2.45. The number of carbonyl (C=O) groups excluding carboxylic acids is 1. The largest absolute Gasteiger partial charge is 0.493 e. The minimum Gasteiger partial charge on any atom is -0.493 e. The van der Waals surface area contributed by atoms with Crippen molar-refractivity contribution in [3.05, 3.63) is 84.6 Å². The second-order valence-corrected chi connectivity index (χ2v) is 9.06. The van der Waals surface area contributed by atoms with E-state index in [4.69, 9.17) is 14.2 Å². The first kappa shape index (κ1) is 26.0. The topological polar surface area (TPSA) is 81.7 Å². The Hall–Kier alpha value is -4.10. The zero-order valence-electron chi connectivity index (χ0n) is 21.7. The lowest BCUT2D eigenvalue weighted by Gasteiger charge is -2.22. The van der Waals surface area contributed by atoms with Crippen LogP contribution in [0.25, 0.3) is 10.9 Å². The molecule has 0 spiro atoms. The first-order valence-corrected chi connectivity index (χ1v) is 12.4. The summed E-state index contributed by atoms with van der Waals surface area (Å²) < 4.78 is 17.0. The molecule has 7 heteroatoms. The van der Waals surface area contributed by atoms with Crippen molar-refractivity contribution in [1.82, 2.24) is 10.3 Å². The van der Waals surface area contributed by atoms with E-state index < -0.39 is 0 Å². The van der Waals surface area contributed by atoms with E-state index in [1.165, 1.54) is 5.56 Å². The van der Waals surface area contributed by atoms with E-state index in [1.807, 2.05) is 68.4 Å². The monoisotopic (exact) mass is 499 g/mol. The third kappa shape index (κ3) is 6.57. The predicted octanol–water partition coefficient (Wildman–Crippen LogP) is 5.84. The van der Waals surface area contributed by atoms with Gasteiger partial charge in [0.15, 0.2) is 11.5 Å². The van der Waals surface area contributed by atoms with Crippen LogP contribution in [0.15, 0.2) is 79.0 Å². The van der Waals surface area contributed by atoms with Gasteiger partial charge in [0, 0.05) is 23.3 Å². The number of ether oxygens (including phenoxy) is 3. The van der Waals surface area contributed by atoms with E-state index in [0.717, 1.165) is 23.9 Å². The Morgan fingerprint density at radius 1 is 0.892 bits per heavy atom. The van der Waals surface area contributed by atoms with Crippen LogP contribution in [-0.2, 0) is 11.2 Å². The number of carbonyl (C=O) groups is 1. The van der Waals surface area contributed by atoms with Gasteiger partial charge in [0.1, 0.15) is 11.5 Å². The number of hydrogen-bond donors (Lipinski definition) is 2. The number of aromatic nitrogens is 1. The van der Waals surface area contributed by atoms with Gasteiger partial charge in [-0.2, -0.15) is 0 Å². The molecule has 4 rings (SSSR count). The smallest absolute Gasteiger partial charge is 0.241 e. The number of benzene rings is 3. The number of amides is 1. The Bertz CT molecular complexity index is 1320. The average molecular weight is 500 g/mol. The van der Waals surface area contributed by atoms with Crippen LogP contribution in [0.2, 0.25) is 0 Å². The standard InChI is InChI=1S/C30H33N3O4/c1-20(2)29(32-16-14-21-8-6-5-7-9-21)30(34)33-22-10-12-23(13-11-22)37-26-15-17-31-25-19-28(36-4)27(35-3)18-24(25)26/h5-13,15,17-20,29,32H,14,16H2,1-4H3,(H,33,34). The molecule has 0 radical (unpaired) electrons. The van der Waals surface area contributed by atoms with E-state index in [2.05, 4.69) is 27.8 Å². The Kier molecular flexibility index (Phi) is 8.59. The van der Waals surface area contributed by atoms with E-state index in [-0.39, 0.29) is 17.9 Å². The summed E-state index contributed by atoms with van der Waals surface area (Å²) in [5, 5.41) is 7.23. The van der Waals surface area contributed by atoms with Gasteiger partial charge in [-0.1, -0.05) is 44.2 Å². The van der Waals surface area contributed by atoms with Crippen molar-refractivity contribution in [2.24, 2.45) is 5.92 Å². The van der Waals surface area contributed by atoms with Gasteiger partial charge in [0.2, 0.25) is 5.91 Å². The normalized spacial score (nSPS) is 11.8. The Morgan fingerprint density at radius 3 is 2.27 bits per heavy atom. The maximum Gasteiger partial charge on any atom is 0.241 e. The molecule has 1 unspecified atom stereocenters. The quantitative estimate of drug-likeness (QED) is 0.270. The minimum absolute atomic E-state index is 0.0575. The zero-order chi connectivity index (χ0) is 26.2. The fourth-order valence-corrected chi connectivity index (χ4v) is 4.14. The van der Waals surface area contributed by atoms with E-state index in [0.29, 0.717) is 28.7 Å². The van der Waals surface area contributed by atoms with Gasteiger partial charge in [0.25, 0.3) is 0 Å². The van der Waals surface area contributed by atoms with Crippen LogP contribution in [0, 0.1) is 5.92 Å². The highest BCUT2D eigenvalue weighted by Crippen LogP contribution is 2.37. The molecule has 192 valence electrons. The van der Waals surface area contributed by atoms with Crippen LogP contribution < -0.4 is 24.8 Å². The number of pyridine rings is 1. The molecular weight excluding hydrogens is 466 g/mol. The van der Waals surface area contributed by atoms with Gasteiger partial charge in [-0.3, -0.25) is 9.78 Å². The first-order chi connectivity index (χ1) is 18.0. The summed E-state index contributed by atoms with van der Waals surface area (Å²) in [6.45, 7) is 4.81. The molecule has 1 amide bonds. The van der Waals surface area contributed by atoms with Crippen LogP contribution in [0.3, 0.4) is 0 Å². The van der Waals surface area contributed by atoms with Gasteiger partial charge >= 0.3 is 0 Å². The molecule has 0 aliphatic carbocycles. The molecular formula is C30H33N3O4. The Labute approximate surface area is 217 Å². The number of fused-ring (bicyclic) bond motifs is 1. The lowest BCUT2D eigenvalue weighted by molar-refractivity contribution is -0.119. The molecule has 0 saturated heterocycles. The van der Waals surface area contributed by atoms with Crippen molar-refractivity contribution in [3.63, 3.8) is 0 Å². The molecule has 1 heterocycles. The van der Waals surface area contributed by atoms with Crippen LogP contribution in [0.4, 0.5) is 5.69 Å². The summed E-state index contributed by atoms with van der Waals surface area (Å²) in [4.78, 5) is 17.4. The van der Waals surface area contributed by atoms with Crippen molar-refractivity contribution in [2.45, 2.75) is 26.3 Å². The zero-order valence-corrected chi connectivity index (χ0v) is 21.7. The van der Waals surface area contributed by atoms with Gasteiger partial charge in [-0.25, -0.2) is 0 Å². The maximum atomic E-state index is 13.0. The highest BCUT2D eigenvalue weighted by Gasteiger charge is 2.21. The van der Waals surface area contributed by atoms with Gasteiger partial charge in [0.05, 0.1) is 25.8 Å². The van der Waals surface area contributed by atoms with Gasteiger partial charge in [-0.05, 0) is 60.8 Å². The van der Waals surface area contributed by atoms with Crippen LogP contribution >= 0.6 is 0 Å². The molecule has 0 saturated carbocycles. The third-order valence-electron chi connectivity index (χ3n) is 6.13. The number of rotatable bonds is 11. The Balaban J connectivity index is 1.40. The fraction of sp³-hybridized carbons (Fsp3) is 0.267. The van der Waals surface area contributed by atoms with E-state index >= 15 is 0 Å². The molecule has 1 atom stereocenters. The van der Waals surface area contributed by atoms with Crippen molar-refractivity contribution in [1.29, 1.82) is 0 Å². The van der Waals surface area contributed by atoms with Crippen molar-refractivity contribution >= 4 is 22.5 Å². The SMILES string of the molecule is COc1cc2nccc(Oc3ccc(NC(=O)C(NCCc4ccccc4)C(C)C)cc3)c2cc1OC. The van der Waals surface area contributed by atoms with Gasteiger partial charge < -0.3 is 24.8 Å². The van der Waals surface area contributed by atoms with Crippen molar-refractivity contribution < 1.29 is 19.0 Å². The van der Waals surface area contributed by atoms with Crippen LogP contribution in [-0.4, -0.2) is 37.7 Å². The van der Waals surface area contributed by atoms with Crippen molar-refractivity contribution in [2.75, 3.05) is 26.1 Å². The van der Waals surface area contributed by atoms with Crippen molar-refractivity contribution in [3.8, 4) is 23.0 Å². The second kappa shape index (κ2) is 12.2. The van der Waals surface area contributed by atoms with Crippen LogP contribution in [0.1, 0.15) is 19.4 Å². The number of nitrogens with zero attached hydrogens (tertiary/aromatic N) is 1. The number of methoxy groups -OCH3 is 2. The molecule has 7 nitrogen and oxygen atoms in total. The summed E-state index contributed by atoms with van der Waals surface area (Å²) in [6, 6.07) is 22.8. The fourth-order valence-electron chi connectivity index (χ4n) is 4.14. The molecule has 0 fully saturated rings. The molecule has 2 N–H and O–H groups in total. The molecule has 0 bridgehead atoms. The maximum absolute atomic E-state index is 13.0. The summed E-state index contributed by atoms with van der Waals surface area (Å²) in [6.07, 6.45) is 2.56.